The Hall–Kier alpha value is -2.44. The average molecular weight is 422 g/mol. The molecule has 0 saturated heterocycles. The van der Waals surface area contributed by atoms with Gasteiger partial charge in [-0.3, -0.25) is 9.59 Å². The highest BCUT2D eigenvalue weighted by atomic mass is 35.5. The van der Waals surface area contributed by atoms with Gasteiger partial charge in [0, 0.05) is 30.5 Å². The van der Waals surface area contributed by atoms with Crippen molar-refractivity contribution in [2.24, 2.45) is 11.7 Å². The van der Waals surface area contributed by atoms with E-state index in [1.165, 1.54) is 13.1 Å². The molecule has 1 aliphatic carbocycles. The molecule has 158 valence electrons. The van der Waals surface area contributed by atoms with Gasteiger partial charge in [-0.1, -0.05) is 55.6 Å². The van der Waals surface area contributed by atoms with Crippen molar-refractivity contribution in [3.8, 4) is 0 Å². The Balaban J connectivity index is 0.000000960. The Morgan fingerprint density at radius 3 is 2.52 bits per heavy atom. The van der Waals surface area contributed by atoms with Crippen LogP contribution in [0.15, 0.2) is 60.7 Å². The lowest BCUT2D eigenvalue weighted by atomic mass is 10.0. The van der Waals surface area contributed by atoms with Crippen LogP contribution in [-0.2, 0) is 16.0 Å². The fourth-order valence-electron chi connectivity index (χ4n) is 3.08. The Morgan fingerprint density at radius 2 is 2.00 bits per heavy atom. The molecule has 3 unspecified atom stereocenters. The number of benzene rings is 1. The molecule has 0 heterocycles. The van der Waals surface area contributed by atoms with Gasteiger partial charge in [0.1, 0.15) is 11.4 Å². The average Bonchev–Trinajstić information content (AvgIpc) is 3.36. The highest BCUT2D eigenvalue weighted by molar-refractivity contribution is 6.28. The maximum Gasteiger partial charge on any atom is 0.246 e. The van der Waals surface area contributed by atoms with E-state index in [2.05, 4.69) is 30.4 Å². The SMILES string of the molecule is C=C(C)Cl.C=CC(=C)C1CC1(NC(=O)CC(N)Cc1ccccc1F)C(=O)NC. The van der Waals surface area contributed by atoms with Gasteiger partial charge in [0.05, 0.1) is 0 Å². The molecule has 0 radical (unpaired) electrons. The van der Waals surface area contributed by atoms with E-state index in [4.69, 9.17) is 17.3 Å². The molecular formula is C22H29ClFN3O2. The summed E-state index contributed by atoms with van der Waals surface area (Å²) in [5.41, 5.74) is 6.16. The summed E-state index contributed by atoms with van der Waals surface area (Å²) < 4.78 is 13.7. The third-order valence-electron chi connectivity index (χ3n) is 4.55. The van der Waals surface area contributed by atoms with E-state index >= 15 is 0 Å². The van der Waals surface area contributed by atoms with Crippen molar-refractivity contribution in [3.05, 3.63) is 72.1 Å². The van der Waals surface area contributed by atoms with E-state index in [0.29, 0.717) is 22.6 Å². The second-order valence-electron chi connectivity index (χ2n) is 7.07. The van der Waals surface area contributed by atoms with Gasteiger partial charge in [-0.25, -0.2) is 4.39 Å². The van der Waals surface area contributed by atoms with E-state index in [1.807, 2.05) is 0 Å². The summed E-state index contributed by atoms with van der Waals surface area (Å²) in [7, 11) is 1.52. The minimum atomic E-state index is -0.991. The highest BCUT2D eigenvalue weighted by Gasteiger charge is 2.61. The second-order valence-corrected chi connectivity index (χ2v) is 7.72. The summed E-state index contributed by atoms with van der Waals surface area (Å²) >= 11 is 5.08. The standard InChI is InChI=1S/C19H24FN3O2.C3H5Cl/c1-4-12(2)15-11-19(15,18(25)22-3)23-17(24)10-14(21)9-13-7-5-6-8-16(13)20;1-3(2)4/h4-8,14-15H,1-2,9-11,21H2,3H3,(H,22,25)(H,23,24);1H2,2H3. The normalized spacial score (nSPS) is 20.4. The van der Waals surface area contributed by atoms with Crippen LogP contribution in [0.1, 0.15) is 25.3 Å². The van der Waals surface area contributed by atoms with Crippen molar-refractivity contribution in [1.82, 2.24) is 10.6 Å². The van der Waals surface area contributed by atoms with Gasteiger partial charge in [-0.15, -0.1) is 0 Å². The Bertz CT molecular complexity index is 792. The number of hydrogen-bond acceptors (Lipinski definition) is 3. The smallest absolute Gasteiger partial charge is 0.246 e. The monoisotopic (exact) mass is 421 g/mol. The topological polar surface area (TPSA) is 84.2 Å². The van der Waals surface area contributed by atoms with Crippen molar-refractivity contribution in [3.63, 3.8) is 0 Å². The Labute approximate surface area is 176 Å². The number of nitrogens with two attached hydrogens (primary N) is 1. The third kappa shape index (κ3) is 7.15. The second kappa shape index (κ2) is 10.9. The molecule has 29 heavy (non-hydrogen) atoms. The van der Waals surface area contributed by atoms with Gasteiger partial charge >= 0.3 is 0 Å². The van der Waals surface area contributed by atoms with Gasteiger partial charge in [0.2, 0.25) is 11.8 Å². The number of carbonyl (C=O) groups is 2. The summed E-state index contributed by atoms with van der Waals surface area (Å²) in [4.78, 5) is 24.5. The number of carbonyl (C=O) groups excluding carboxylic acids is 2. The molecular weight excluding hydrogens is 393 g/mol. The fourth-order valence-corrected chi connectivity index (χ4v) is 3.08. The maximum absolute atomic E-state index is 13.7. The first-order valence-corrected chi connectivity index (χ1v) is 9.59. The van der Waals surface area contributed by atoms with E-state index in [1.54, 1.807) is 31.2 Å². The van der Waals surface area contributed by atoms with E-state index < -0.39 is 11.6 Å². The number of likely N-dealkylation sites (N-methyl/N-ethyl adjacent to an activating group) is 1. The lowest BCUT2D eigenvalue weighted by Gasteiger charge is -2.20. The fraction of sp³-hybridized carbons (Fsp3) is 0.364. The molecule has 2 amide bonds. The zero-order valence-corrected chi connectivity index (χ0v) is 17.7. The first-order valence-electron chi connectivity index (χ1n) is 9.21. The van der Waals surface area contributed by atoms with Gasteiger partial charge in [0.25, 0.3) is 0 Å². The molecule has 5 nitrogen and oxygen atoms in total. The number of rotatable bonds is 8. The predicted molar refractivity (Wildman–Crippen MR) is 116 cm³/mol. The minimum absolute atomic E-state index is 0.000361. The van der Waals surface area contributed by atoms with Crippen LogP contribution in [0.25, 0.3) is 0 Å². The molecule has 0 aliphatic heterocycles. The largest absolute Gasteiger partial charge is 0.357 e. The summed E-state index contributed by atoms with van der Waals surface area (Å²) in [6.07, 6.45) is 2.31. The molecule has 3 atom stereocenters. The Kier molecular flexibility index (Phi) is 9.27. The number of halogens is 2. The third-order valence-corrected chi connectivity index (χ3v) is 4.55. The first-order chi connectivity index (χ1) is 13.6. The van der Waals surface area contributed by atoms with Crippen LogP contribution in [0.2, 0.25) is 0 Å². The highest BCUT2D eigenvalue weighted by Crippen LogP contribution is 2.48. The van der Waals surface area contributed by atoms with E-state index in [-0.39, 0.29) is 36.4 Å². The molecule has 1 aromatic rings. The van der Waals surface area contributed by atoms with Crippen molar-refractivity contribution >= 4 is 23.4 Å². The molecule has 1 aromatic carbocycles. The van der Waals surface area contributed by atoms with Gasteiger partial charge in [-0.2, -0.15) is 0 Å². The molecule has 4 N–H and O–H groups in total. The van der Waals surface area contributed by atoms with Crippen molar-refractivity contribution in [2.45, 2.75) is 37.8 Å². The number of amides is 2. The quantitative estimate of drug-likeness (QED) is 0.563. The zero-order chi connectivity index (χ0) is 22.2. The first kappa shape index (κ1) is 24.6. The molecule has 1 aliphatic rings. The minimum Gasteiger partial charge on any atom is -0.357 e. The molecule has 1 fully saturated rings. The zero-order valence-electron chi connectivity index (χ0n) is 16.9. The van der Waals surface area contributed by atoms with Crippen LogP contribution in [0.4, 0.5) is 4.39 Å². The van der Waals surface area contributed by atoms with Crippen molar-refractivity contribution in [2.75, 3.05) is 7.05 Å². The molecule has 1 saturated carbocycles. The van der Waals surface area contributed by atoms with Crippen LogP contribution in [0, 0.1) is 11.7 Å². The van der Waals surface area contributed by atoms with Crippen LogP contribution >= 0.6 is 11.6 Å². The van der Waals surface area contributed by atoms with Crippen LogP contribution in [0.5, 0.6) is 0 Å². The number of hydrogen-bond donors (Lipinski definition) is 3. The van der Waals surface area contributed by atoms with Gasteiger partial charge in [0.15, 0.2) is 0 Å². The lowest BCUT2D eigenvalue weighted by molar-refractivity contribution is -0.130. The summed E-state index contributed by atoms with van der Waals surface area (Å²) in [6, 6.07) is 5.78. The molecule has 0 bridgehead atoms. The predicted octanol–water partition coefficient (Wildman–Crippen LogP) is 3.21. The molecule has 2 rings (SSSR count). The number of nitrogens with one attached hydrogen (secondary N) is 2. The molecule has 0 spiro atoms. The Morgan fingerprint density at radius 1 is 1.41 bits per heavy atom. The summed E-state index contributed by atoms with van der Waals surface area (Å²) in [5, 5.41) is 5.99. The van der Waals surface area contributed by atoms with E-state index in [0.717, 1.165) is 0 Å². The van der Waals surface area contributed by atoms with Crippen molar-refractivity contribution < 1.29 is 14.0 Å². The van der Waals surface area contributed by atoms with Crippen LogP contribution in [-0.4, -0.2) is 30.4 Å². The maximum atomic E-state index is 13.7. The number of allylic oxidation sites excluding steroid dienone is 2. The molecule has 7 heteroatoms. The lowest BCUT2D eigenvalue weighted by Crippen LogP contribution is -2.50. The van der Waals surface area contributed by atoms with Crippen LogP contribution < -0.4 is 16.4 Å². The van der Waals surface area contributed by atoms with Gasteiger partial charge < -0.3 is 16.4 Å². The molecule has 0 aromatic heterocycles. The summed E-state index contributed by atoms with van der Waals surface area (Å²) in [5.74, 6) is -1.12. The van der Waals surface area contributed by atoms with Gasteiger partial charge in [-0.05, 0) is 37.0 Å². The van der Waals surface area contributed by atoms with Crippen molar-refractivity contribution in [1.29, 1.82) is 0 Å². The summed E-state index contributed by atoms with van der Waals surface area (Å²) in [6.45, 7) is 12.6. The van der Waals surface area contributed by atoms with E-state index in [9.17, 15) is 14.0 Å². The van der Waals surface area contributed by atoms with Crippen LogP contribution in [0.3, 0.4) is 0 Å².